The number of hydrogen-bond acceptors (Lipinski definition) is 9. The average Bonchev–Trinajstić information content (AvgIpc) is 2.66. The molecule has 0 aromatic carbocycles. The summed E-state index contributed by atoms with van der Waals surface area (Å²) in [4.78, 5) is 78.1. The molecule has 2 atom stereocenters. The number of aliphatic hydroxyl groups is 1. The van der Waals surface area contributed by atoms with Gasteiger partial charge in [0.05, 0.1) is 12.8 Å². The number of Topliss-reactive ketones (excluding diaryl/α,β-unsaturated/α-hetero) is 1. The number of carboxylic acid groups (broad SMARTS) is 3. The third-order valence-electron chi connectivity index (χ3n) is 3.73. The number of hydrogen-bond donors (Lipinski definition) is 8. The number of rotatable bonds is 15. The molecule has 0 aromatic heterocycles. The highest BCUT2D eigenvalue weighted by Gasteiger charge is 2.40. The fraction of sp³-hybridized carbons (Fsp3) is 0.562. The topological polar surface area (TPSA) is 263 Å². The van der Waals surface area contributed by atoms with Crippen molar-refractivity contribution in [3.8, 4) is 0 Å². The van der Waals surface area contributed by atoms with Crippen molar-refractivity contribution in [1.82, 2.24) is 16.0 Å². The molecule has 0 rings (SSSR count). The Labute approximate surface area is 175 Å². The van der Waals surface area contributed by atoms with E-state index in [1.807, 2.05) is 5.32 Å². The first kappa shape index (κ1) is 27.4. The highest BCUT2D eigenvalue weighted by Crippen LogP contribution is 2.16. The largest absolute Gasteiger partial charge is 0.480 e. The molecule has 0 bridgehead atoms. The summed E-state index contributed by atoms with van der Waals surface area (Å²) in [5.74, 6) is -8.73. The summed E-state index contributed by atoms with van der Waals surface area (Å²) in [6.45, 7) is -0.842. The molecule has 0 unspecified atom stereocenters. The lowest BCUT2D eigenvalue weighted by atomic mass is 9.94. The van der Waals surface area contributed by atoms with E-state index in [-0.39, 0.29) is 19.5 Å². The number of amides is 3. The van der Waals surface area contributed by atoms with Crippen LogP contribution in [0.4, 0.5) is 0 Å². The second-order valence-corrected chi connectivity index (χ2v) is 6.37. The molecule has 0 saturated carbocycles. The van der Waals surface area contributed by atoms with Crippen molar-refractivity contribution >= 4 is 41.4 Å². The second kappa shape index (κ2) is 12.9. The van der Waals surface area contributed by atoms with E-state index in [9.17, 15) is 38.7 Å². The van der Waals surface area contributed by atoms with Gasteiger partial charge < -0.3 is 42.1 Å². The second-order valence-electron chi connectivity index (χ2n) is 6.37. The Bertz CT molecular complexity index is 739. The zero-order valence-electron chi connectivity index (χ0n) is 16.3. The van der Waals surface area contributed by atoms with Crippen LogP contribution in [0.25, 0.3) is 0 Å². The summed E-state index contributed by atoms with van der Waals surface area (Å²) < 4.78 is 0. The molecular formula is C16H24N4O11. The Morgan fingerprint density at radius 2 is 1.26 bits per heavy atom. The lowest BCUT2D eigenvalue weighted by Crippen LogP contribution is -2.49. The highest BCUT2D eigenvalue weighted by molar-refractivity contribution is 6.32. The van der Waals surface area contributed by atoms with Gasteiger partial charge in [0.1, 0.15) is 6.04 Å². The molecule has 0 radical (unpaired) electrons. The number of nitrogens with one attached hydrogen (secondary N) is 3. The molecule has 0 heterocycles. The molecule has 0 aromatic rings. The number of carbonyl (C=O) groups excluding carboxylic acids is 4. The van der Waals surface area contributed by atoms with Gasteiger partial charge in [0.15, 0.2) is 5.60 Å². The average molecular weight is 448 g/mol. The smallest absolute Gasteiger partial charge is 0.372 e. The van der Waals surface area contributed by atoms with Crippen LogP contribution in [0, 0.1) is 0 Å². The van der Waals surface area contributed by atoms with Crippen molar-refractivity contribution in [1.29, 1.82) is 0 Å². The molecule has 0 saturated heterocycles. The third kappa shape index (κ3) is 11.2. The summed E-state index contributed by atoms with van der Waals surface area (Å²) in [5, 5.41) is 42.7. The van der Waals surface area contributed by atoms with Crippen LogP contribution >= 0.6 is 0 Å². The fourth-order valence-corrected chi connectivity index (χ4v) is 2.01. The summed E-state index contributed by atoms with van der Waals surface area (Å²) in [7, 11) is 0. The van der Waals surface area contributed by atoms with E-state index in [1.54, 1.807) is 0 Å². The fourth-order valence-electron chi connectivity index (χ4n) is 2.01. The number of ketones is 1. The first-order chi connectivity index (χ1) is 14.3. The van der Waals surface area contributed by atoms with Crippen molar-refractivity contribution in [2.75, 3.05) is 19.6 Å². The van der Waals surface area contributed by atoms with E-state index in [1.165, 1.54) is 0 Å². The van der Waals surface area contributed by atoms with Crippen LogP contribution in [-0.2, 0) is 33.6 Å². The lowest BCUT2D eigenvalue weighted by Gasteiger charge is -2.22. The van der Waals surface area contributed by atoms with E-state index < -0.39 is 78.9 Å². The predicted molar refractivity (Wildman–Crippen MR) is 98.3 cm³/mol. The maximum Gasteiger partial charge on any atom is 0.372 e. The van der Waals surface area contributed by atoms with Crippen LogP contribution in [-0.4, -0.2) is 93.1 Å². The molecule has 9 N–H and O–H groups in total. The number of carbonyl (C=O) groups is 7. The minimum Gasteiger partial charge on any atom is -0.480 e. The molecule has 0 aliphatic heterocycles. The summed E-state index contributed by atoms with van der Waals surface area (Å²) in [5.41, 5.74) is 2.40. The van der Waals surface area contributed by atoms with Crippen molar-refractivity contribution in [3.63, 3.8) is 0 Å². The molecule has 0 fully saturated rings. The van der Waals surface area contributed by atoms with Crippen molar-refractivity contribution in [2.45, 2.75) is 37.3 Å². The lowest BCUT2D eigenvalue weighted by molar-refractivity contribution is -0.164. The number of aliphatic carboxylic acids is 3. The van der Waals surface area contributed by atoms with Gasteiger partial charge in [-0.25, -0.2) is 9.59 Å². The van der Waals surface area contributed by atoms with Gasteiger partial charge >= 0.3 is 17.9 Å². The van der Waals surface area contributed by atoms with Crippen molar-refractivity contribution in [3.05, 3.63) is 0 Å². The summed E-state index contributed by atoms with van der Waals surface area (Å²) in [6.07, 6.45) is -2.94. The quantitative estimate of drug-likeness (QED) is 0.0875. The van der Waals surface area contributed by atoms with Crippen LogP contribution in [0.3, 0.4) is 0 Å². The van der Waals surface area contributed by atoms with Crippen LogP contribution < -0.4 is 21.7 Å². The molecule has 0 spiro atoms. The Balaban J connectivity index is 4.43. The van der Waals surface area contributed by atoms with E-state index in [0.717, 1.165) is 0 Å². The Morgan fingerprint density at radius 1 is 0.774 bits per heavy atom. The Kier molecular flexibility index (Phi) is 11.4. The van der Waals surface area contributed by atoms with Crippen molar-refractivity contribution < 1.29 is 54.0 Å². The molecule has 0 aliphatic rings. The molecule has 174 valence electrons. The summed E-state index contributed by atoms with van der Waals surface area (Å²) >= 11 is 0. The Morgan fingerprint density at radius 3 is 1.71 bits per heavy atom. The highest BCUT2D eigenvalue weighted by atomic mass is 16.4. The van der Waals surface area contributed by atoms with Crippen LogP contribution in [0.15, 0.2) is 0 Å². The van der Waals surface area contributed by atoms with Crippen LogP contribution in [0.1, 0.15) is 25.7 Å². The Hall–Kier alpha value is -3.59. The molecule has 3 amide bonds. The van der Waals surface area contributed by atoms with E-state index in [0.29, 0.717) is 0 Å². The minimum absolute atomic E-state index is 0.134. The molecule has 15 nitrogen and oxygen atoms in total. The first-order valence-electron chi connectivity index (χ1n) is 8.79. The van der Waals surface area contributed by atoms with Gasteiger partial charge in [-0.15, -0.1) is 0 Å². The van der Waals surface area contributed by atoms with Crippen LogP contribution in [0.2, 0.25) is 0 Å². The van der Waals surface area contributed by atoms with Gasteiger partial charge in [0, 0.05) is 32.5 Å². The summed E-state index contributed by atoms with van der Waals surface area (Å²) in [6, 6.07) is -1.44. The zero-order chi connectivity index (χ0) is 24.2. The molecule has 15 heteroatoms. The van der Waals surface area contributed by atoms with Gasteiger partial charge in [-0.2, -0.15) is 0 Å². The molecule has 0 aliphatic carbocycles. The van der Waals surface area contributed by atoms with Gasteiger partial charge in [0.25, 0.3) is 0 Å². The molecule has 31 heavy (non-hydrogen) atoms. The van der Waals surface area contributed by atoms with Crippen LogP contribution in [0.5, 0.6) is 0 Å². The normalized spacial score (nSPS) is 13.2. The minimum atomic E-state index is -2.78. The van der Waals surface area contributed by atoms with Gasteiger partial charge in [-0.3, -0.25) is 24.0 Å². The molecular weight excluding hydrogens is 424 g/mol. The standard InChI is InChI=1S/C16H24N4O11/c17-8(13(25)26)7-20-12(24)6-16(31,15(29)30)5-11(23)19-4-3-18-10(22)2-1-9(21)14(27)28/h8,31H,1-7,17H2,(H,18,22)(H,19,23)(H,20,24)(H,25,26)(H,27,28)(H,29,30)/t8-,16-/m0/s1. The van der Waals surface area contributed by atoms with E-state index in [2.05, 4.69) is 10.6 Å². The van der Waals surface area contributed by atoms with Crippen molar-refractivity contribution in [2.24, 2.45) is 5.73 Å². The van der Waals surface area contributed by atoms with Gasteiger partial charge in [0.2, 0.25) is 23.5 Å². The maximum absolute atomic E-state index is 11.8. The number of carboxylic acids is 3. The van der Waals surface area contributed by atoms with Gasteiger partial charge in [-0.05, 0) is 0 Å². The maximum atomic E-state index is 11.8. The third-order valence-corrected chi connectivity index (χ3v) is 3.73. The van der Waals surface area contributed by atoms with E-state index in [4.69, 9.17) is 21.1 Å². The SMILES string of the molecule is N[C@@H](CNC(=O)C[C@@](O)(CC(=O)NCCNC(=O)CCC(=O)C(=O)O)C(=O)O)C(=O)O. The number of nitrogens with two attached hydrogens (primary N) is 1. The van der Waals surface area contributed by atoms with E-state index >= 15 is 0 Å². The first-order valence-corrected chi connectivity index (χ1v) is 8.79. The zero-order valence-corrected chi connectivity index (χ0v) is 16.3. The predicted octanol–water partition coefficient (Wildman–Crippen LogP) is -4.22. The monoisotopic (exact) mass is 448 g/mol. The van der Waals surface area contributed by atoms with Gasteiger partial charge in [-0.1, -0.05) is 0 Å².